The van der Waals surface area contributed by atoms with Crippen molar-refractivity contribution in [3.63, 3.8) is 0 Å². The molecule has 0 saturated carbocycles. The lowest BCUT2D eigenvalue weighted by Gasteiger charge is -1.98. The number of para-hydroxylation sites is 1. The fraction of sp³-hybridized carbons (Fsp3) is 0.231. The first-order valence-corrected chi connectivity index (χ1v) is 5.42. The predicted molar refractivity (Wildman–Crippen MR) is 66.1 cm³/mol. The Hall–Kier alpha value is -2.10. The average Bonchev–Trinajstić information content (AvgIpc) is 2.65. The average molecular weight is 230 g/mol. The van der Waals surface area contributed by atoms with Gasteiger partial charge < -0.3 is 5.11 Å². The number of rotatable bonds is 3. The normalized spacial score (nSPS) is 10.5. The molecule has 17 heavy (non-hydrogen) atoms. The van der Waals surface area contributed by atoms with Crippen molar-refractivity contribution >= 4 is 16.9 Å². The molecule has 0 aliphatic carbocycles. The van der Waals surface area contributed by atoms with E-state index in [1.807, 2.05) is 38.1 Å². The van der Waals surface area contributed by atoms with Crippen LogP contribution in [0.2, 0.25) is 0 Å². The molecule has 0 aliphatic rings. The van der Waals surface area contributed by atoms with E-state index in [4.69, 9.17) is 5.11 Å². The highest BCUT2D eigenvalue weighted by atomic mass is 16.4. The lowest BCUT2D eigenvalue weighted by atomic mass is 10.2. The summed E-state index contributed by atoms with van der Waals surface area (Å²) in [4.78, 5) is 11.1. The molecule has 0 unspecified atom stereocenters. The number of aromatic nitrogens is 2. The molecule has 0 fully saturated rings. The Morgan fingerprint density at radius 3 is 2.76 bits per heavy atom. The Labute approximate surface area is 99.2 Å². The van der Waals surface area contributed by atoms with E-state index in [1.54, 1.807) is 10.7 Å². The largest absolute Gasteiger partial charge is 0.476 e. The van der Waals surface area contributed by atoms with Gasteiger partial charge in [-0.25, -0.2) is 4.79 Å². The van der Waals surface area contributed by atoms with Crippen LogP contribution in [0.4, 0.5) is 0 Å². The first kappa shape index (κ1) is 11.4. The van der Waals surface area contributed by atoms with Crippen molar-refractivity contribution in [2.45, 2.75) is 20.4 Å². The molecule has 0 saturated heterocycles. The number of carboxylic acids is 1. The van der Waals surface area contributed by atoms with Crippen molar-refractivity contribution in [1.82, 2.24) is 9.78 Å². The molecule has 2 aromatic rings. The van der Waals surface area contributed by atoms with Gasteiger partial charge in [0.2, 0.25) is 0 Å². The number of hydrogen-bond acceptors (Lipinski definition) is 2. The van der Waals surface area contributed by atoms with Crippen LogP contribution in [0, 0.1) is 0 Å². The smallest absolute Gasteiger partial charge is 0.357 e. The number of allylic oxidation sites excluding steroid dienone is 2. The summed E-state index contributed by atoms with van der Waals surface area (Å²) in [5.41, 5.74) is 2.15. The van der Waals surface area contributed by atoms with E-state index in [0.29, 0.717) is 11.9 Å². The molecule has 0 bridgehead atoms. The van der Waals surface area contributed by atoms with Gasteiger partial charge in [0.1, 0.15) is 0 Å². The molecule has 1 N–H and O–H groups in total. The molecule has 0 aliphatic heterocycles. The summed E-state index contributed by atoms with van der Waals surface area (Å²) in [6.07, 6.45) is 2.02. The highest BCUT2D eigenvalue weighted by Crippen LogP contribution is 2.18. The number of aromatic carboxylic acids is 1. The summed E-state index contributed by atoms with van der Waals surface area (Å²) in [6.45, 7) is 4.60. The van der Waals surface area contributed by atoms with Gasteiger partial charge in [-0.05, 0) is 19.9 Å². The second kappa shape index (κ2) is 4.41. The third-order valence-corrected chi connectivity index (χ3v) is 2.53. The second-order valence-electron chi connectivity index (χ2n) is 4.13. The Balaban J connectivity index is 2.56. The van der Waals surface area contributed by atoms with E-state index >= 15 is 0 Å². The minimum Gasteiger partial charge on any atom is -0.476 e. The molecule has 2 rings (SSSR count). The number of benzene rings is 1. The first-order chi connectivity index (χ1) is 8.09. The van der Waals surface area contributed by atoms with Crippen LogP contribution in [-0.2, 0) is 6.54 Å². The van der Waals surface area contributed by atoms with Crippen LogP contribution in [0.3, 0.4) is 0 Å². The lowest BCUT2D eigenvalue weighted by molar-refractivity contribution is 0.0691. The Kier molecular flexibility index (Phi) is 2.95. The number of carboxylic acid groups (broad SMARTS) is 1. The van der Waals surface area contributed by atoms with E-state index in [2.05, 4.69) is 5.10 Å². The summed E-state index contributed by atoms with van der Waals surface area (Å²) in [5, 5.41) is 13.9. The number of hydrogen-bond donors (Lipinski definition) is 1. The van der Waals surface area contributed by atoms with Gasteiger partial charge in [-0.3, -0.25) is 4.68 Å². The van der Waals surface area contributed by atoms with Crippen LogP contribution in [0.1, 0.15) is 24.3 Å². The van der Waals surface area contributed by atoms with Gasteiger partial charge in [0, 0.05) is 5.39 Å². The van der Waals surface area contributed by atoms with Crippen LogP contribution < -0.4 is 0 Å². The molecule has 0 radical (unpaired) electrons. The predicted octanol–water partition coefficient (Wildman–Crippen LogP) is 2.70. The molecule has 4 nitrogen and oxygen atoms in total. The molecule has 0 amide bonds. The molecular formula is C13H14N2O2. The molecule has 0 atom stereocenters. The highest BCUT2D eigenvalue weighted by Gasteiger charge is 2.14. The summed E-state index contributed by atoms with van der Waals surface area (Å²) >= 11 is 0. The summed E-state index contributed by atoms with van der Waals surface area (Å²) in [7, 11) is 0. The zero-order valence-electron chi connectivity index (χ0n) is 9.84. The SMILES string of the molecule is CC(C)=CCn1nc(C(=O)O)c2ccccc21. The maximum absolute atomic E-state index is 11.1. The van der Waals surface area contributed by atoms with Crippen molar-refractivity contribution in [3.8, 4) is 0 Å². The summed E-state index contributed by atoms with van der Waals surface area (Å²) in [6, 6.07) is 7.37. The highest BCUT2D eigenvalue weighted by molar-refractivity contribution is 6.01. The lowest BCUT2D eigenvalue weighted by Crippen LogP contribution is -2.02. The Morgan fingerprint density at radius 1 is 1.41 bits per heavy atom. The van der Waals surface area contributed by atoms with Crippen molar-refractivity contribution in [2.24, 2.45) is 0 Å². The Bertz CT molecular complexity index is 592. The van der Waals surface area contributed by atoms with Crippen LogP contribution in [0.15, 0.2) is 35.9 Å². The monoisotopic (exact) mass is 230 g/mol. The maximum Gasteiger partial charge on any atom is 0.357 e. The fourth-order valence-corrected chi connectivity index (χ4v) is 1.69. The molecule has 1 heterocycles. The van der Waals surface area contributed by atoms with Gasteiger partial charge in [0.15, 0.2) is 5.69 Å². The van der Waals surface area contributed by atoms with Gasteiger partial charge in [-0.2, -0.15) is 5.10 Å². The van der Waals surface area contributed by atoms with Crippen molar-refractivity contribution < 1.29 is 9.90 Å². The van der Waals surface area contributed by atoms with Gasteiger partial charge in [0.05, 0.1) is 12.1 Å². The van der Waals surface area contributed by atoms with Crippen LogP contribution in [-0.4, -0.2) is 20.9 Å². The van der Waals surface area contributed by atoms with E-state index in [9.17, 15) is 4.79 Å². The van der Waals surface area contributed by atoms with Gasteiger partial charge in [-0.1, -0.05) is 29.8 Å². The molecule has 4 heteroatoms. The van der Waals surface area contributed by atoms with Crippen LogP contribution in [0.25, 0.3) is 10.9 Å². The maximum atomic E-state index is 11.1. The number of carbonyl (C=O) groups is 1. The molecular weight excluding hydrogens is 216 g/mol. The topological polar surface area (TPSA) is 55.1 Å². The summed E-state index contributed by atoms with van der Waals surface area (Å²) in [5.74, 6) is -0.989. The Morgan fingerprint density at radius 2 is 2.12 bits per heavy atom. The third-order valence-electron chi connectivity index (χ3n) is 2.53. The second-order valence-corrected chi connectivity index (χ2v) is 4.13. The van der Waals surface area contributed by atoms with Crippen molar-refractivity contribution in [1.29, 1.82) is 0 Å². The van der Waals surface area contributed by atoms with E-state index in [1.165, 1.54) is 5.57 Å². The van der Waals surface area contributed by atoms with Gasteiger partial charge in [0.25, 0.3) is 0 Å². The van der Waals surface area contributed by atoms with Crippen molar-refractivity contribution in [2.75, 3.05) is 0 Å². The van der Waals surface area contributed by atoms with E-state index < -0.39 is 5.97 Å². The van der Waals surface area contributed by atoms with E-state index in [0.717, 1.165) is 5.52 Å². The fourth-order valence-electron chi connectivity index (χ4n) is 1.69. The van der Waals surface area contributed by atoms with E-state index in [-0.39, 0.29) is 5.69 Å². The zero-order valence-corrected chi connectivity index (χ0v) is 9.84. The number of nitrogens with zero attached hydrogens (tertiary/aromatic N) is 2. The van der Waals surface area contributed by atoms with Crippen LogP contribution >= 0.6 is 0 Å². The van der Waals surface area contributed by atoms with Crippen LogP contribution in [0.5, 0.6) is 0 Å². The molecule has 1 aromatic heterocycles. The third kappa shape index (κ3) is 2.20. The van der Waals surface area contributed by atoms with Gasteiger partial charge >= 0.3 is 5.97 Å². The standard InChI is InChI=1S/C13H14N2O2/c1-9(2)7-8-15-11-6-4-3-5-10(11)12(14-15)13(16)17/h3-7H,8H2,1-2H3,(H,16,17). The zero-order chi connectivity index (χ0) is 12.4. The molecule has 1 aromatic carbocycles. The van der Waals surface area contributed by atoms with Gasteiger partial charge in [-0.15, -0.1) is 0 Å². The number of fused-ring (bicyclic) bond motifs is 1. The summed E-state index contributed by atoms with van der Waals surface area (Å²) < 4.78 is 1.71. The molecule has 88 valence electrons. The minimum atomic E-state index is -0.989. The minimum absolute atomic E-state index is 0.114. The van der Waals surface area contributed by atoms with Crippen molar-refractivity contribution in [3.05, 3.63) is 41.6 Å². The first-order valence-electron chi connectivity index (χ1n) is 5.42. The molecule has 0 spiro atoms. The quantitative estimate of drug-likeness (QED) is 0.825.